The summed E-state index contributed by atoms with van der Waals surface area (Å²) in [5.41, 5.74) is 1.49. The van der Waals surface area contributed by atoms with Crippen LogP contribution in [0, 0.1) is 25.2 Å². The predicted octanol–water partition coefficient (Wildman–Crippen LogP) is 2.11. The van der Waals surface area contributed by atoms with Crippen LogP contribution in [0.3, 0.4) is 0 Å². The van der Waals surface area contributed by atoms with E-state index in [4.69, 9.17) is 4.74 Å². The molecular weight excluding hydrogens is 412 g/mol. The standard InChI is InChI=1S/C23H34N4O5/c1-14(2)25-20(29)19(17-11-15(3)10-16(4)12-17)27(9-8-24)21(30)18(13-28)26-22(31)32-23(5,6)7/h10-12,14,18-19,28H,9,13H2,1-7H3,(H,25,29)(H,26,31). The number of benzene rings is 1. The molecule has 0 spiro atoms. The third-order valence-electron chi connectivity index (χ3n) is 4.25. The van der Waals surface area contributed by atoms with Gasteiger partial charge in [0.2, 0.25) is 11.8 Å². The fraction of sp³-hybridized carbons (Fsp3) is 0.565. The summed E-state index contributed by atoms with van der Waals surface area (Å²) in [6.07, 6.45) is -0.892. The Morgan fingerprint density at radius 1 is 1.12 bits per heavy atom. The van der Waals surface area contributed by atoms with E-state index in [2.05, 4.69) is 10.6 Å². The smallest absolute Gasteiger partial charge is 0.408 e. The van der Waals surface area contributed by atoms with Crippen molar-refractivity contribution in [3.05, 3.63) is 34.9 Å². The number of ether oxygens (including phenoxy) is 1. The van der Waals surface area contributed by atoms with Crippen molar-refractivity contribution in [1.82, 2.24) is 15.5 Å². The fourth-order valence-electron chi connectivity index (χ4n) is 3.21. The highest BCUT2D eigenvalue weighted by Crippen LogP contribution is 2.25. The molecule has 2 atom stereocenters. The number of nitriles is 1. The normalized spacial score (nSPS) is 13.0. The van der Waals surface area contributed by atoms with Gasteiger partial charge in [0.25, 0.3) is 0 Å². The van der Waals surface area contributed by atoms with Gasteiger partial charge in [-0.25, -0.2) is 4.79 Å². The van der Waals surface area contributed by atoms with E-state index in [1.54, 1.807) is 46.8 Å². The monoisotopic (exact) mass is 446 g/mol. The van der Waals surface area contributed by atoms with Crippen molar-refractivity contribution in [3.8, 4) is 6.07 Å². The first-order valence-corrected chi connectivity index (χ1v) is 10.5. The Balaban J connectivity index is 3.39. The van der Waals surface area contributed by atoms with E-state index in [1.165, 1.54) is 0 Å². The molecule has 0 radical (unpaired) electrons. The molecule has 0 aliphatic heterocycles. The van der Waals surface area contributed by atoms with E-state index in [0.717, 1.165) is 16.0 Å². The van der Waals surface area contributed by atoms with Crippen LogP contribution < -0.4 is 10.6 Å². The van der Waals surface area contributed by atoms with Gasteiger partial charge in [-0.1, -0.05) is 29.3 Å². The molecule has 0 saturated heterocycles. The van der Waals surface area contributed by atoms with Crippen molar-refractivity contribution in [2.75, 3.05) is 13.2 Å². The lowest BCUT2D eigenvalue weighted by molar-refractivity contribution is -0.142. The van der Waals surface area contributed by atoms with Gasteiger partial charge in [-0.3, -0.25) is 9.59 Å². The maximum Gasteiger partial charge on any atom is 0.408 e. The van der Waals surface area contributed by atoms with Crippen molar-refractivity contribution in [1.29, 1.82) is 5.26 Å². The second-order valence-electron chi connectivity index (χ2n) is 8.99. The van der Waals surface area contributed by atoms with E-state index in [9.17, 15) is 24.8 Å². The number of alkyl carbamates (subject to hydrolysis) is 1. The second-order valence-corrected chi connectivity index (χ2v) is 8.99. The molecule has 2 unspecified atom stereocenters. The van der Waals surface area contributed by atoms with E-state index in [1.807, 2.05) is 26.0 Å². The summed E-state index contributed by atoms with van der Waals surface area (Å²) in [6, 6.07) is 4.65. The molecule has 1 aromatic rings. The van der Waals surface area contributed by atoms with Gasteiger partial charge < -0.3 is 25.4 Å². The highest BCUT2D eigenvalue weighted by molar-refractivity contribution is 5.92. The first kappa shape index (κ1) is 26.9. The Morgan fingerprint density at radius 2 is 1.69 bits per heavy atom. The molecule has 3 N–H and O–H groups in total. The van der Waals surface area contributed by atoms with Gasteiger partial charge >= 0.3 is 6.09 Å². The first-order chi connectivity index (χ1) is 14.8. The number of carbonyl (C=O) groups is 3. The molecule has 9 nitrogen and oxygen atoms in total. The van der Waals surface area contributed by atoms with Crippen LogP contribution in [0.1, 0.15) is 57.4 Å². The topological polar surface area (TPSA) is 132 Å². The van der Waals surface area contributed by atoms with Crippen molar-refractivity contribution in [2.24, 2.45) is 0 Å². The third-order valence-corrected chi connectivity index (χ3v) is 4.25. The molecule has 0 aliphatic rings. The predicted molar refractivity (Wildman–Crippen MR) is 120 cm³/mol. The van der Waals surface area contributed by atoms with Gasteiger partial charge in [0.15, 0.2) is 0 Å². The zero-order chi connectivity index (χ0) is 24.6. The van der Waals surface area contributed by atoms with Gasteiger partial charge in [0, 0.05) is 6.04 Å². The van der Waals surface area contributed by atoms with Gasteiger partial charge in [-0.15, -0.1) is 0 Å². The summed E-state index contributed by atoms with van der Waals surface area (Å²) in [5.74, 6) is -1.24. The molecule has 32 heavy (non-hydrogen) atoms. The number of hydrogen-bond donors (Lipinski definition) is 3. The minimum atomic E-state index is -1.39. The quantitative estimate of drug-likeness (QED) is 0.524. The Kier molecular flexibility index (Phi) is 9.66. The Bertz CT molecular complexity index is 850. The van der Waals surface area contributed by atoms with Crippen molar-refractivity contribution in [3.63, 3.8) is 0 Å². The summed E-state index contributed by atoms with van der Waals surface area (Å²) in [7, 11) is 0. The van der Waals surface area contributed by atoms with Crippen LogP contribution in [0.25, 0.3) is 0 Å². The van der Waals surface area contributed by atoms with Gasteiger partial charge in [0.1, 0.15) is 24.2 Å². The van der Waals surface area contributed by atoms with Gasteiger partial charge in [0.05, 0.1) is 12.7 Å². The number of rotatable bonds is 8. The van der Waals surface area contributed by atoms with Crippen LogP contribution in [-0.4, -0.2) is 58.8 Å². The van der Waals surface area contributed by atoms with Crippen LogP contribution in [-0.2, 0) is 14.3 Å². The van der Waals surface area contributed by atoms with Gasteiger partial charge in [-0.05, 0) is 54.0 Å². The summed E-state index contributed by atoms with van der Waals surface area (Å²) in [5, 5.41) is 24.3. The van der Waals surface area contributed by atoms with Gasteiger partial charge in [-0.2, -0.15) is 5.26 Å². The second kappa shape index (κ2) is 11.5. The minimum absolute atomic E-state index is 0.205. The van der Waals surface area contributed by atoms with Crippen LogP contribution >= 0.6 is 0 Å². The van der Waals surface area contributed by atoms with Crippen molar-refractivity contribution >= 4 is 17.9 Å². The van der Waals surface area contributed by atoms with E-state index in [-0.39, 0.29) is 6.04 Å². The number of hydrogen-bond acceptors (Lipinski definition) is 6. The lowest BCUT2D eigenvalue weighted by Gasteiger charge is -2.33. The number of aryl methyl sites for hydroxylation is 2. The number of nitrogens with one attached hydrogen (secondary N) is 2. The van der Waals surface area contributed by atoms with Crippen LogP contribution in [0.2, 0.25) is 0 Å². The molecule has 0 saturated carbocycles. The summed E-state index contributed by atoms with van der Waals surface area (Å²) in [4.78, 5) is 39.7. The fourth-order valence-corrected chi connectivity index (χ4v) is 3.21. The number of carbonyl (C=O) groups excluding carboxylic acids is 3. The van der Waals surface area contributed by atoms with E-state index >= 15 is 0 Å². The molecule has 0 aromatic heterocycles. The highest BCUT2D eigenvalue weighted by Gasteiger charge is 2.36. The van der Waals surface area contributed by atoms with E-state index in [0.29, 0.717) is 5.56 Å². The maximum atomic E-state index is 13.3. The molecular formula is C23H34N4O5. The lowest BCUT2D eigenvalue weighted by Crippen LogP contribution is -2.54. The number of aliphatic hydroxyl groups is 1. The highest BCUT2D eigenvalue weighted by atomic mass is 16.6. The molecule has 0 heterocycles. The minimum Gasteiger partial charge on any atom is -0.444 e. The largest absolute Gasteiger partial charge is 0.444 e. The number of amides is 3. The summed E-state index contributed by atoms with van der Waals surface area (Å²) < 4.78 is 5.16. The molecule has 0 aliphatic carbocycles. The maximum absolute atomic E-state index is 13.3. The Hall–Kier alpha value is -3.12. The van der Waals surface area contributed by atoms with Crippen LogP contribution in [0.15, 0.2) is 18.2 Å². The number of nitrogens with zero attached hydrogens (tertiary/aromatic N) is 2. The molecule has 176 valence electrons. The Morgan fingerprint density at radius 3 is 2.12 bits per heavy atom. The summed E-state index contributed by atoms with van der Waals surface area (Å²) >= 11 is 0. The van der Waals surface area contributed by atoms with E-state index < -0.39 is 48.7 Å². The average Bonchev–Trinajstić information content (AvgIpc) is 2.62. The van der Waals surface area contributed by atoms with Crippen molar-refractivity contribution in [2.45, 2.75) is 72.2 Å². The molecule has 1 rings (SSSR count). The zero-order valence-corrected chi connectivity index (χ0v) is 19.9. The zero-order valence-electron chi connectivity index (χ0n) is 19.9. The van der Waals surface area contributed by atoms with Crippen molar-refractivity contribution < 1.29 is 24.2 Å². The lowest BCUT2D eigenvalue weighted by atomic mass is 9.98. The summed E-state index contributed by atoms with van der Waals surface area (Å²) in [6.45, 7) is 11.1. The Labute approximate surface area is 189 Å². The average molecular weight is 447 g/mol. The molecule has 1 aromatic carbocycles. The first-order valence-electron chi connectivity index (χ1n) is 10.5. The third kappa shape index (κ3) is 8.19. The molecule has 9 heteroatoms. The van der Waals surface area contributed by atoms with Crippen LogP contribution in [0.5, 0.6) is 0 Å². The molecule has 3 amide bonds. The molecule has 0 fully saturated rings. The number of aliphatic hydroxyl groups excluding tert-OH is 1. The van der Waals surface area contributed by atoms with Crippen LogP contribution in [0.4, 0.5) is 4.79 Å². The SMILES string of the molecule is Cc1cc(C)cc(C(C(=O)NC(C)C)N(CC#N)C(=O)C(CO)NC(=O)OC(C)(C)C)c1. The molecule has 0 bridgehead atoms.